The van der Waals surface area contributed by atoms with Gasteiger partial charge in [-0.1, -0.05) is 16.8 Å². The number of aryl methyl sites for hydroxylation is 1. The van der Waals surface area contributed by atoms with E-state index in [9.17, 15) is 4.79 Å². The fraction of sp³-hybridized carbons (Fsp3) is 0.273. The highest BCUT2D eigenvalue weighted by Crippen LogP contribution is 2.13. The van der Waals surface area contributed by atoms with Crippen LogP contribution in [0, 0.1) is 6.92 Å². The molecular formula is C11H13ClN6O2. The SMILES string of the molecule is Cc1nc(CCNC(=O)c2cc(Cl)nc(NN)c2)no1. The smallest absolute Gasteiger partial charge is 0.251 e. The Labute approximate surface area is 119 Å². The predicted octanol–water partition coefficient (Wildman–Crippen LogP) is 0.685. The summed E-state index contributed by atoms with van der Waals surface area (Å²) in [4.78, 5) is 19.8. The molecule has 106 valence electrons. The Balaban J connectivity index is 1.93. The lowest BCUT2D eigenvalue weighted by molar-refractivity contribution is 0.0954. The number of nitrogens with two attached hydrogens (primary N) is 1. The molecule has 0 fully saturated rings. The van der Waals surface area contributed by atoms with Crippen molar-refractivity contribution in [3.05, 3.63) is 34.6 Å². The maximum absolute atomic E-state index is 11.9. The Morgan fingerprint density at radius 3 is 2.90 bits per heavy atom. The van der Waals surface area contributed by atoms with Crippen LogP contribution in [-0.4, -0.2) is 27.6 Å². The van der Waals surface area contributed by atoms with E-state index in [1.54, 1.807) is 6.92 Å². The number of hydrogen-bond acceptors (Lipinski definition) is 7. The highest BCUT2D eigenvalue weighted by Gasteiger charge is 2.09. The quantitative estimate of drug-likeness (QED) is 0.422. The van der Waals surface area contributed by atoms with Crippen LogP contribution < -0.4 is 16.6 Å². The molecule has 2 aromatic heterocycles. The Hall–Kier alpha value is -2.19. The van der Waals surface area contributed by atoms with Gasteiger partial charge in [0.15, 0.2) is 5.82 Å². The van der Waals surface area contributed by atoms with E-state index < -0.39 is 0 Å². The molecule has 0 saturated carbocycles. The molecule has 1 amide bonds. The van der Waals surface area contributed by atoms with Gasteiger partial charge in [-0.15, -0.1) is 0 Å². The number of amides is 1. The Kier molecular flexibility index (Phi) is 4.49. The summed E-state index contributed by atoms with van der Waals surface area (Å²) in [5.41, 5.74) is 2.70. The third-order valence-electron chi connectivity index (χ3n) is 2.41. The molecule has 0 atom stereocenters. The van der Waals surface area contributed by atoms with E-state index in [2.05, 4.69) is 25.9 Å². The van der Waals surface area contributed by atoms with Crippen LogP contribution >= 0.6 is 11.6 Å². The zero-order chi connectivity index (χ0) is 14.5. The zero-order valence-corrected chi connectivity index (χ0v) is 11.4. The van der Waals surface area contributed by atoms with Gasteiger partial charge in [-0.2, -0.15) is 4.98 Å². The molecule has 0 aromatic carbocycles. The van der Waals surface area contributed by atoms with E-state index in [0.29, 0.717) is 36.1 Å². The number of nitrogen functional groups attached to an aromatic ring is 1. The van der Waals surface area contributed by atoms with Gasteiger partial charge in [-0.05, 0) is 12.1 Å². The summed E-state index contributed by atoms with van der Waals surface area (Å²) in [7, 11) is 0. The maximum atomic E-state index is 11.9. The normalized spacial score (nSPS) is 10.3. The van der Waals surface area contributed by atoms with Gasteiger partial charge in [-0.25, -0.2) is 10.8 Å². The number of halogens is 1. The minimum absolute atomic E-state index is 0.180. The van der Waals surface area contributed by atoms with Crippen LogP contribution in [0.2, 0.25) is 5.15 Å². The third kappa shape index (κ3) is 3.65. The molecule has 0 saturated heterocycles. The Morgan fingerprint density at radius 2 is 2.25 bits per heavy atom. The second-order valence-electron chi connectivity index (χ2n) is 3.94. The Bertz CT molecular complexity index is 615. The highest BCUT2D eigenvalue weighted by molar-refractivity contribution is 6.29. The van der Waals surface area contributed by atoms with Gasteiger partial charge in [0.05, 0.1) is 0 Å². The number of pyridine rings is 1. The van der Waals surface area contributed by atoms with Crippen molar-refractivity contribution in [1.82, 2.24) is 20.4 Å². The molecule has 9 heteroatoms. The monoisotopic (exact) mass is 296 g/mol. The fourth-order valence-corrected chi connectivity index (χ4v) is 1.74. The number of rotatable bonds is 5. The minimum atomic E-state index is -0.286. The van der Waals surface area contributed by atoms with Gasteiger partial charge in [0, 0.05) is 25.5 Å². The molecule has 0 radical (unpaired) electrons. The van der Waals surface area contributed by atoms with Gasteiger partial charge in [0.1, 0.15) is 11.0 Å². The van der Waals surface area contributed by atoms with Crippen LogP contribution in [0.3, 0.4) is 0 Å². The summed E-state index contributed by atoms with van der Waals surface area (Å²) in [6.07, 6.45) is 0.476. The molecule has 4 N–H and O–H groups in total. The minimum Gasteiger partial charge on any atom is -0.352 e. The molecule has 8 nitrogen and oxygen atoms in total. The molecule has 2 heterocycles. The van der Waals surface area contributed by atoms with Crippen molar-refractivity contribution in [3.8, 4) is 0 Å². The first-order valence-corrected chi connectivity index (χ1v) is 6.18. The summed E-state index contributed by atoms with van der Waals surface area (Å²) in [5.74, 6) is 6.30. The van der Waals surface area contributed by atoms with Crippen molar-refractivity contribution in [2.24, 2.45) is 5.84 Å². The van der Waals surface area contributed by atoms with Crippen molar-refractivity contribution in [2.45, 2.75) is 13.3 Å². The predicted molar refractivity (Wildman–Crippen MR) is 72.1 cm³/mol. The van der Waals surface area contributed by atoms with Gasteiger partial charge in [0.25, 0.3) is 5.91 Å². The first-order valence-electron chi connectivity index (χ1n) is 5.80. The molecule has 0 aliphatic rings. The van der Waals surface area contributed by atoms with Gasteiger partial charge in [0.2, 0.25) is 5.89 Å². The van der Waals surface area contributed by atoms with Crippen LogP contribution in [0.15, 0.2) is 16.7 Å². The average Bonchev–Trinajstić information content (AvgIpc) is 2.83. The van der Waals surface area contributed by atoms with Crippen LogP contribution in [0.1, 0.15) is 22.1 Å². The molecule has 0 aliphatic heterocycles. The largest absolute Gasteiger partial charge is 0.352 e. The number of carbonyl (C=O) groups excluding carboxylic acids is 1. The average molecular weight is 297 g/mol. The summed E-state index contributed by atoms with van der Waals surface area (Å²) in [5, 5.41) is 6.63. The molecule has 0 bridgehead atoms. The maximum Gasteiger partial charge on any atom is 0.251 e. The topological polar surface area (TPSA) is 119 Å². The molecule has 2 aromatic rings. The number of carbonyl (C=O) groups is 1. The first-order chi connectivity index (χ1) is 9.58. The van der Waals surface area contributed by atoms with Gasteiger partial charge >= 0.3 is 0 Å². The van der Waals surface area contributed by atoms with E-state index in [4.69, 9.17) is 22.0 Å². The standard InChI is InChI=1S/C11H13ClN6O2/c1-6-15-9(18-20-6)2-3-14-11(19)7-4-8(12)16-10(5-7)17-13/h4-5H,2-3,13H2,1H3,(H,14,19)(H,16,17). The third-order valence-corrected chi connectivity index (χ3v) is 2.60. The van der Waals surface area contributed by atoms with Crippen molar-refractivity contribution in [1.29, 1.82) is 0 Å². The van der Waals surface area contributed by atoms with Crippen molar-refractivity contribution in [2.75, 3.05) is 12.0 Å². The molecule has 0 unspecified atom stereocenters. The molecule has 20 heavy (non-hydrogen) atoms. The zero-order valence-electron chi connectivity index (χ0n) is 10.7. The Morgan fingerprint density at radius 1 is 1.45 bits per heavy atom. The van der Waals surface area contributed by atoms with Gasteiger partial charge in [-0.3, -0.25) is 4.79 Å². The van der Waals surface area contributed by atoms with Crippen molar-refractivity contribution < 1.29 is 9.32 Å². The number of aromatic nitrogens is 3. The second-order valence-corrected chi connectivity index (χ2v) is 4.33. The van der Waals surface area contributed by atoms with E-state index >= 15 is 0 Å². The van der Waals surface area contributed by atoms with E-state index in [0.717, 1.165) is 0 Å². The van der Waals surface area contributed by atoms with Crippen molar-refractivity contribution in [3.63, 3.8) is 0 Å². The summed E-state index contributed by atoms with van der Waals surface area (Å²) in [6, 6.07) is 2.95. The molecule has 2 rings (SSSR count). The second kappa shape index (κ2) is 6.31. The molecule has 0 spiro atoms. The number of nitrogens with one attached hydrogen (secondary N) is 2. The van der Waals surface area contributed by atoms with Crippen LogP contribution in [0.4, 0.5) is 5.82 Å². The fourth-order valence-electron chi connectivity index (χ4n) is 1.53. The first kappa shape index (κ1) is 14.2. The summed E-state index contributed by atoms with van der Waals surface area (Å²) in [6.45, 7) is 2.08. The van der Waals surface area contributed by atoms with Gasteiger partial charge < -0.3 is 15.3 Å². The lowest BCUT2D eigenvalue weighted by atomic mass is 10.2. The molecule has 0 aliphatic carbocycles. The molecular weight excluding hydrogens is 284 g/mol. The lowest BCUT2D eigenvalue weighted by Gasteiger charge is -2.06. The number of hydrogen-bond donors (Lipinski definition) is 3. The van der Waals surface area contributed by atoms with Crippen LogP contribution in [0.25, 0.3) is 0 Å². The lowest BCUT2D eigenvalue weighted by Crippen LogP contribution is -2.26. The number of hydrazine groups is 1. The number of anilines is 1. The summed E-state index contributed by atoms with van der Waals surface area (Å²) < 4.78 is 4.83. The van der Waals surface area contributed by atoms with Crippen molar-refractivity contribution >= 4 is 23.3 Å². The summed E-state index contributed by atoms with van der Waals surface area (Å²) >= 11 is 5.79. The van der Waals surface area contributed by atoms with E-state index in [-0.39, 0.29) is 11.1 Å². The number of nitrogens with zero attached hydrogens (tertiary/aromatic N) is 3. The van der Waals surface area contributed by atoms with E-state index in [1.165, 1.54) is 12.1 Å². The van der Waals surface area contributed by atoms with Crippen LogP contribution in [-0.2, 0) is 6.42 Å². The van der Waals surface area contributed by atoms with Crippen LogP contribution in [0.5, 0.6) is 0 Å². The van der Waals surface area contributed by atoms with E-state index in [1.807, 2.05) is 0 Å². The highest BCUT2D eigenvalue weighted by atomic mass is 35.5.